The fraction of sp³-hybridized carbons (Fsp3) is 0.261. The maximum Gasteiger partial charge on any atom is 0.310 e. The molecule has 0 bridgehead atoms. The van der Waals surface area contributed by atoms with Gasteiger partial charge in [-0.1, -0.05) is 42.5 Å². The molecule has 0 spiro atoms. The summed E-state index contributed by atoms with van der Waals surface area (Å²) in [7, 11) is 1.36. The number of hydrogen-bond acceptors (Lipinski definition) is 5. The maximum absolute atomic E-state index is 12.9. The molecule has 0 aliphatic carbocycles. The van der Waals surface area contributed by atoms with E-state index in [-0.39, 0.29) is 17.3 Å². The molecule has 7 heteroatoms. The highest BCUT2D eigenvalue weighted by Crippen LogP contribution is 2.28. The van der Waals surface area contributed by atoms with Gasteiger partial charge in [0.15, 0.2) is 5.75 Å². The van der Waals surface area contributed by atoms with Gasteiger partial charge in [0, 0.05) is 50.4 Å². The van der Waals surface area contributed by atoms with E-state index in [2.05, 4.69) is 41.3 Å². The zero-order chi connectivity index (χ0) is 21.1. The quantitative estimate of drug-likeness (QED) is 0.478. The van der Waals surface area contributed by atoms with Gasteiger partial charge in [-0.05, 0) is 22.4 Å². The molecule has 0 aromatic heterocycles. The number of carbonyl (C=O) groups is 1. The Labute approximate surface area is 174 Å². The third-order valence-corrected chi connectivity index (χ3v) is 5.56. The number of benzene rings is 3. The van der Waals surface area contributed by atoms with Crippen molar-refractivity contribution >= 4 is 22.4 Å². The number of nitrogens with zero attached hydrogens (tertiary/aromatic N) is 3. The van der Waals surface area contributed by atoms with E-state index in [0.717, 1.165) is 19.6 Å². The molecule has 3 aromatic rings. The van der Waals surface area contributed by atoms with Crippen LogP contribution in [0.4, 0.5) is 5.69 Å². The van der Waals surface area contributed by atoms with Crippen molar-refractivity contribution in [1.29, 1.82) is 0 Å². The van der Waals surface area contributed by atoms with E-state index in [9.17, 15) is 14.9 Å². The molecular formula is C23H23N3O4. The number of nitro groups is 1. The Morgan fingerprint density at radius 1 is 1.03 bits per heavy atom. The number of rotatable bonds is 5. The second-order valence-electron chi connectivity index (χ2n) is 7.35. The number of piperazine rings is 1. The predicted octanol–water partition coefficient (Wildman–Crippen LogP) is 3.71. The highest BCUT2D eigenvalue weighted by Gasteiger charge is 2.24. The number of fused-ring (bicyclic) bond motifs is 1. The summed E-state index contributed by atoms with van der Waals surface area (Å²) >= 11 is 0. The van der Waals surface area contributed by atoms with Gasteiger partial charge in [-0.25, -0.2) is 0 Å². The minimum atomic E-state index is -0.515. The van der Waals surface area contributed by atoms with Crippen molar-refractivity contribution in [3.8, 4) is 5.75 Å². The van der Waals surface area contributed by atoms with Crippen LogP contribution in [0.2, 0.25) is 0 Å². The van der Waals surface area contributed by atoms with Crippen LogP contribution in [0.25, 0.3) is 10.8 Å². The third kappa shape index (κ3) is 3.97. The zero-order valence-corrected chi connectivity index (χ0v) is 16.8. The number of carbonyl (C=O) groups excluding carboxylic acids is 1. The summed E-state index contributed by atoms with van der Waals surface area (Å²) in [6, 6.07) is 19.0. The van der Waals surface area contributed by atoms with E-state index in [1.54, 1.807) is 4.90 Å². The first-order chi connectivity index (χ1) is 14.6. The van der Waals surface area contributed by atoms with Gasteiger partial charge in [-0.3, -0.25) is 19.8 Å². The molecule has 154 valence electrons. The van der Waals surface area contributed by atoms with E-state index >= 15 is 0 Å². The Morgan fingerprint density at radius 3 is 2.50 bits per heavy atom. The first kappa shape index (κ1) is 19.8. The molecule has 1 heterocycles. The van der Waals surface area contributed by atoms with Gasteiger partial charge in [0.25, 0.3) is 5.91 Å². The van der Waals surface area contributed by atoms with Crippen molar-refractivity contribution in [1.82, 2.24) is 9.80 Å². The molecule has 4 rings (SSSR count). The lowest BCUT2D eigenvalue weighted by atomic mass is 10.0. The van der Waals surface area contributed by atoms with Crippen LogP contribution in [-0.4, -0.2) is 53.9 Å². The van der Waals surface area contributed by atoms with Crippen molar-refractivity contribution in [2.75, 3.05) is 33.3 Å². The Hall–Kier alpha value is -3.45. The predicted molar refractivity (Wildman–Crippen MR) is 115 cm³/mol. The van der Waals surface area contributed by atoms with Crippen LogP contribution in [0.5, 0.6) is 5.75 Å². The minimum absolute atomic E-state index is 0.0976. The SMILES string of the molecule is COc1cc(C(=O)N2CCN(Cc3cccc4ccccc34)CC2)ccc1[N+](=O)[O-]. The van der Waals surface area contributed by atoms with Gasteiger partial charge in [-0.2, -0.15) is 0 Å². The Morgan fingerprint density at radius 2 is 1.77 bits per heavy atom. The second kappa shape index (κ2) is 8.51. The summed E-state index contributed by atoms with van der Waals surface area (Å²) in [6.07, 6.45) is 0. The molecule has 1 aliphatic rings. The smallest absolute Gasteiger partial charge is 0.310 e. The van der Waals surface area contributed by atoms with E-state index in [1.807, 2.05) is 6.07 Å². The maximum atomic E-state index is 12.9. The van der Waals surface area contributed by atoms with E-state index in [1.165, 1.54) is 41.6 Å². The summed E-state index contributed by atoms with van der Waals surface area (Å²) < 4.78 is 5.08. The van der Waals surface area contributed by atoms with Crippen LogP contribution in [0.15, 0.2) is 60.7 Å². The molecule has 0 unspecified atom stereocenters. The molecule has 0 radical (unpaired) electrons. The van der Waals surface area contributed by atoms with Crippen LogP contribution in [0, 0.1) is 10.1 Å². The third-order valence-electron chi connectivity index (χ3n) is 5.56. The highest BCUT2D eigenvalue weighted by atomic mass is 16.6. The largest absolute Gasteiger partial charge is 0.490 e. The van der Waals surface area contributed by atoms with Crippen LogP contribution in [0.1, 0.15) is 15.9 Å². The van der Waals surface area contributed by atoms with Crippen molar-refractivity contribution in [2.45, 2.75) is 6.54 Å². The van der Waals surface area contributed by atoms with Crippen LogP contribution in [0.3, 0.4) is 0 Å². The Kier molecular flexibility index (Phi) is 5.63. The molecule has 1 aliphatic heterocycles. The van der Waals surface area contributed by atoms with Gasteiger partial charge in [-0.15, -0.1) is 0 Å². The van der Waals surface area contributed by atoms with Gasteiger partial charge in [0.2, 0.25) is 0 Å². The lowest BCUT2D eigenvalue weighted by Crippen LogP contribution is -2.48. The standard InChI is InChI=1S/C23H23N3O4/c1-30-22-15-18(9-10-21(22)26(28)29)23(27)25-13-11-24(12-14-25)16-19-7-4-6-17-5-2-3-8-20(17)19/h2-10,15H,11-14,16H2,1H3. The molecular weight excluding hydrogens is 382 g/mol. The summed E-state index contributed by atoms with van der Waals surface area (Å²) in [5.74, 6) is -0.0338. The fourth-order valence-electron chi connectivity index (χ4n) is 3.92. The molecule has 3 aromatic carbocycles. The minimum Gasteiger partial charge on any atom is -0.490 e. The number of amides is 1. The second-order valence-corrected chi connectivity index (χ2v) is 7.35. The van der Waals surface area contributed by atoms with Crippen LogP contribution in [-0.2, 0) is 6.54 Å². The normalized spacial score (nSPS) is 14.6. The van der Waals surface area contributed by atoms with Crippen molar-refractivity contribution < 1.29 is 14.5 Å². The summed E-state index contributed by atoms with van der Waals surface area (Å²) in [4.78, 5) is 27.6. The molecule has 1 saturated heterocycles. The van der Waals surface area contributed by atoms with Crippen molar-refractivity contribution in [2.24, 2.45) is 0 Å². The lowest BCUT2D eigenvalue weighted by Gasteiger charge is -2.35. The van der Waals surface area contributed by atoms with Gasteiger partial charge in [0.1, 0.15) is 0 Å². The van der Waals surface area contributed by atoms with Crippen LogP contribution >= 0.6 is 0 Å². The number of hydrogen-bond donors (Lipinski definition) is 0. The van der Waals surface area contributed by atoms with E-state index in [0.29, 0.717) is 18.7 Å². The zero-order valence-electron chi connectivity index (χ0n) is 16.8. The molecule has 0 N–H and O–H groups in total. The van der Waals surface area contributed by atoms with Crippen molar-refractivity contribution in [3.05, 3.63) is 81.9 Å². The van der Waals surface area contributed by atoms with Crippen LogP contribution < -0.4 is 4.74 Å². The summed E-state index contributed by atoms with van der Waals surface area (Å²) in [5.41, 5.74) is 1.54. The first-order valence-corrected chi connectivity index (χ1v) is 9.87. The van der Waals surface area contributed by atoms with Crippen molar-refractivity contribution in [3.63, 3.8) is 0 Å². The topological polar surface area (TPSA) is 75.9 Å². The molecule has 0 saturated carbocycles. The lowest BCUT2D eigenvalue weighted by molar-refractivity contribution is -0.385. The Bertz CT molecular complexity index is 1090. The van der Waals surface area contributed by atoms with Gasteiger partial charge >= 0.3 is 5.69 Å². The first-order valence-electron chi connectivity index (χ1n) is 9.87. The molecule has 1 fully saturated rings. The summed E-state index contributed by atoms with van der Waals surface area (Å²) in [6.45, 7) is 3.62. The fourth-order valence-corrected chi connectivity index (χ4v) is 3.92. The average Bonchev–Trinajstić information content (AvgIpc) is 2.79. The molecule has 1 amide bonds. The molecule has 7 nitrogen and oxygen atoms in total. The van der Waals surface area contributed by atoms with Gasteiger partial charge in [0.05, 0.1) is 12.0 Å². The number of methoxy groups -OCH3 is 1. The molecule has 30 heavy (non-hydrogen) atoms. The van der Waals surface area contributed by atoms with Gasteiger partial charge < -0.3 is 9.64 Å². The summed E-state index contributed by atoms with van der Waals surface area (Å²) in [5, 5.41) is 13.5. The Balaban J connectivity index is 1.42. The van der Waals surface area contributed by atoms with E-state index in [4.69, 9.17) is 4.74 Å². The highest BCUT2D eigenvalue weighted by molar-refractivity contribution is 5.95. The molecule has 0 atom stereocenters. The van der Waals surface area contributed by atoms with E-state index < -0.39 is 4.92 Å². The monoisotopic (exact) mass is 405 g/mol. The number of ether oxygens (including phenoxy) is 1. The number of nitro benzene ring substituents is 1. The average molecular weight is 405 g/mol.